The van der Waals surface area contributed by atoms with Gasteiger partial charge in [0.15, 0.2) is 0 Å². The number of carboxylic acid groups (broad SMARTS) is 4. The van der Waals surface area contributed by atoms with Gasteiger partial charge in [0.05, 0.1) is 0 Å². The topological polar surface area (TPSA) is 161 Å². The first-order chi connectivity index (χ1) is 13.1. The second kappa shape index (κ2) is 34.1. The Morgan fingerprint density at radius 2 is 0.586 bits per heavy atom. The Kier molecular flexibility index (Phi) is 44.9. The molecule has 0 N–H and O–H groups in total. The van der Waals surface area contributed by atoms with Crippen molar-refractivity contribution in [1.29, 1.82) is 0 Å². The first-order valence-electron chi connectivity index (χ1n) is 9.88. The molecule has 0 bridgehead atoms. The van der Waals surface area contributed by atoms with Crippen molar-refractivity contribution in [3.05, 3.63) is 0 Å². The zero-order valence-electron chi connectivity index (χ0n) is 18.2. The Labute approximate surface area is 189 Å². The van der Waals surface area contributed by atoms with Gasteiger partial charge in [-0.3, -0.25) is 0 Å². The van der Waals surface area contributed by atoms with Gasteiger partial charge in [0.2, 0.25) is 0 Å². The fourth-order valence-electron chi connectivity index (χ4n) is 1.28. The van der Waals surface area contributed by atoms with E-state index in [9.17, 15) is 39.6 Å². The molecule has 0 saturated carbocycles. The predicted octanol–water partition coefficient (Wildman–Crippen LogP) is -0.296. The smallest absolute Gasteiger partial charge is 0.0414 e. The van der Waals surface area contributed by atoms with E-state index in [2.05, 4.69) is 0 Å². The SMILES string of the molecule is CCCCC(=O)[O-].CCCCC(=O)[O-].CCCCC(=O)[O-].CCCCC(=O)[O-].[W]. The van der Waals surface area contributed by atoms with Crippen LogP contribution in [0.3, 0.4) is 0 Å². The van der Waals surface area contributed by atoms with E-state index in [1.54, 1.807) is 0 Å². The normalized spacial score (nSPS) is 8.41. The molecule has 0 unspecified atom stereocenters. The summed E-state index contributed by atoms with van der Waals surface area (Å²) in [5, 5.41) is 38.6. The number of hydrogen-bond donors (Lipinski definition) is 0. The van der Waals surface area contributed by atoms with E-state index in [1.165, 1.54) is 0 Å². The standard InChI is InChI=1S/4C5H10O2.W/c4*1-2-3-4-5(6)7;/h4*2-4H2,1H3,(H,6,7);/p-4. The summed E-state index contributed by atoms with van der Waals surface area (Å²) in [7, 11) is 0. The maximum absolute atomic E-state index is 9.65. The number of carboxylic acids is 4. The van der Waals surface area contributed by atoms with Crippen LogP contribution in [0, 0.1) is 0 Å². The molecule has 0 fully saturated rings. The van der Waals surface area contributed by atoms with Gasteiger partial charge in [-0.1, -0.05) is 53.4 Å². The summed E-state index contributed by atoms with van der Waals surface area (Å²) in [4.78, 5) is 38.6. The number of rotatable bonds is 12. The molecule has 0 aliphatic heterocycles. The molecule has 0 aromatic heterocycles. The zero-order valence-corrected chi connectivity index (χ0v) is 21.1. The van der Waals surface area contributed by atoms with Crippen molar-refractivity contribution in [2.75, 3.05) is 0 Å². The molecule has 0 aromatic carbocycles. The first kappa shape index (κ1) is 38.2. The van der Waals surface area contributed by atoms with Crippen molar-refractivity contribution in [2.45, 2.75) is 105 Å². The Bertz CT molecular complexity index is 315. The van der Waals surface area contributed by atoms with Crippen molar-refractivity contribution < 1.29 is 60.7 Å². The van der Waals surface area contributed by atoms with E-state index in [-0.39, 0.29) is 46.7 Å². The molecular weight excluding hydrogens is 552 g/mol. The largest absolute Gasteiger partial charge is 0.550 e. The molecule has 0 saturated heterocycles. The summed E-state index contributed by atoms with van der Waals surface area (Å²) in [6.07, 6.45) is 7.47. The molecule has 29 heavy (non-hydrogen) atoms. The van der Waals surface area contributed by atoms with Gasteiger partial charge >= 0.3 is 0 Å². The van der Waals surface area contributed by atoms with E-state index in [4.69, 9.17) is 0 Å². The number of carbonyl (C=O) groups is 4. The van der Waals surface area contributed by atoms with Crippen molar-refractivity contribution >= 4 is 23.9 Å². The van der Waals surface area contributed by atoms with Crippen LogP contribution in [-0.4, -0.2) is 23.9 Å². The maximum Gasteiger partial charge on any atom is 0.0414 e. The molecule has 9 heteroatoms. The van der Waals surface area contributed by atoms with Crippen molar-refractivity contribution in [2.24, 2.45) is 0 Å². The van der Waals surface area contributed by atoms with Gasteiger partial charge in [0.1, 0.15) is 0 Å². The van der Waals surface area contributed by atoms with Gasteiger partial charge in [-0.05, 0) is 51.4 Å². The maximum atomic E-state index is 9.65. The summed E-state index contributed by atoms with van der Waals surface area (Å²) in [5.41, 5.74) is 0. The van der Waals surface area contributed by atoms with Crippen molar-refractivity contribution in [3.8, 4) is 0 Å². The molecule has 0 rings (SSSR count). The summed E-state index contributed by atoms with van der Waals surface area (Å²) in [6, 6.07) is 0. The van der Waals surface area contributed by atoms with Crippen LogP contribution < -0.4 is 20.4 Å². The van der Waals surface area contributed by atoms with Crippen LogP contribution in [0.5, 0.6) is 0 Å². The summed E-state index contributed by atoms with van der Waals surface area (Å²) in [6.45, 7) is 7.79. The third kappa shape index (κ3) is 75.6. The van der Waals surface area contributed by atoms with E-state index in [0.717, 1.165) is 51.4 Å². The van der Waals surface area contributed by atoms with Crippen molar-refractivity contribution in [3.63, 3.8) is 0 Å². The average molecular weight is 588 g/mol. The van der Waals surface area contributed by atoms with Gasteiger partial charge in [-0.25, -0.2) is 0 Å². The predicted molar refractivity (Wildman–Crippen MR) is 98.1 cm³/mol. The first-order valence-corrected chi connectivity index (χ1v) is 9.88. The fraction of sp³-hybridized carbons (Fsp3) is 0.800. The van der Waals surface area contributed by atoms with Crippen LogP contribution in [0.25, 0.3) is 0 Å². The van der Waals surface area contributed by atoms with Crippen LogP contribution in [0.2, 0.25) is 0 Å². The second-order valence-electron chi connectivity index (χ2n) is 5.90. The van der Waals surface area contributed by atoms with Crippen LogP contribution in [0.15, 0.2) is 0 Å². The molecule has 0 atom stereocenters. The third-order valence-corrected chi connectivity index (χ3v) is 2.94. The van der Waals surface area contributed by atoms with Crippen LogP contribution >= 0.6 is 0 Å². The molecule has 0 aliphatic rings. The Balaban J connectivity index is -0.0000000873. The fourth-order valence-corrected chi connectivity index (χ4v) is 1.28. The molecule has 0 radical (unpaired) electrons. The Morgan fingerprint density at radius 3 is 0.621 bits per heavy atom. The zero-order chi connectivity index (χ0) is 22.8. The van der Waals surface area contributed by atoms with Gasteiger partial charge in [-0.15, -0.1) is 0 Å². The minimum atomic E-state index is -0.943. The van der Waals surface area contributed by atoms with E-state index in [0.29, 0.717) is 0 Å². The van der Waals surface area contributed by atoms with Crippen LogP contribution in [-0.2, 0) is 40.2 Å². The Morgan fingerprint density at radius 1 is 0.448 bits per heavy atom. The van der Waals surface area contributed by atoms with Crippen LogP contribution in [0.4, 0.5) is 0 Å². The number of aliphatic carboxylic acids is 4. The quantitative estimate of drug-likeness (QED) is 0.301. The van der Waals surface area contributed by atoms with E-state index in [1.807, 2.05) is 27.7 Å². The Hall–Kier alpha value is -1.43. The number of carbonyl (C=O) groups excluding carboxylic acids is 4. The molecule has 8 nitrogen and oxygen atoms in total. The molecule has 0 heterocycles. The van der Waals surface area contributed by atoms with Gasteiger partial charge in [-0.2, -0.15) is 0 Å². The molecule has 0 spiro atoms. The summed E-state index contributed by atoms with van der Waals surface area (Å²) in [5.74, 6) is -3.77. The van der Waals surface area contributed by atoms with Gasteiger partial charge in [0, 0.05) is 44.9 Å². The van der Waals surface area contributed by atoms with E-state index >= 15 is 0 Å². The van der Waals surface area contributed by atoms with E-state index < -0.39 is 23.9 Å². The molecule has 0 aromatic rings. The minimum Gasteiger partial charge on any atom is -0.550 e. The third-order valence-electron chi connectivity index (χ3n) is 2.94. The average Bonchev–Trinajstić information content (AvgIpc) is 2.62. The number of hydrogen-bond acceptors (Lipinski definition) is 8. The number of unbranched alkanes of at least 4 members (excludes halogenated alkanes) is 4. The van der Waals surface area contributed by atoms with Crippen molar-refractivity contribution in [1.82, 2.24) is 0 Å². The summed E-state index contributed by atoms with van der Waals surface area (Å²) >= 11 is 0. The second-order valence-corrected chi connectivity index (χ2v) is 5.90. The van der Waals surface area contributed by atoms with Gasteiger partial charge in [0.25, 0.3) is 0 Å². The monoisotopic (exact) mass is 588 g/mol. The van der Waals surface area contributed by atoms with Gasteiger partial charge < -0.3 is 39.6 Å². The summed E-state index contributed by atoms with van der Waals surface area (Å²) < 4.78 is 0. The molecule has 174 valence electrons. The molecule has 0 amide bonds. The molecular formula is C20H36O8W-4. The minimum absolute atomic E-state index is 0. The molecule has 0 aliphatic carbocycles. The van der Waals surface area contributed by atoms with Crippen LogP contribution in [0.1, 0.15) is 105 Å².